The molecule has 1 aromatic carbocycles. The van der Waals surface area contributed by atoms with Gasteiger partial charge < -0.3 is 10.1 Å². The lowest BCUT2D eigenvalue weighted by Gasteiger charge is -2.14. The van der Waals surface area contributed by atoms with Crippen molar-refractivity contribution < 1.29 is 9.53 Å². The van der Waals surface area contributed by atoms with Gasteiger partial charge in [-0.25, -0.2) is 4.79 Å². The van der Waals surface area contributed by atoms with E-state index in [1.165, 1.54) is 7.11 Å². The van der Waals surface area contributed by atoms with Gasteiger partial charge in [0, 0.05) is 0 Å². The molecule has 4 heteroatoms. The molecule has 1 unspecified atom stereocenters. The van der Waals surface area contributed by atoms with Gasteiger partial charge in [-0.15, -0.1) is 0 Å². The molecule has 0 bridgehead atoms. The quantitative estimate of drug-likeness (QED) is 0.786. The van der Waals surface area contributed by atoms with E-state index in [9.17, 15) is 4.79 Å². The summed E-state index contributed by atoms with van der Waals surface area (Å²) in [4.78, 5) is 11.2. The van der Waals surface area contributed by atoms with Crippen molar-refractivity contribution in [2.24, 2.45) is 0 Å². The second-order valence-electron chi connectivity index (χ2n) is 3.55. The SMILES string of the molecule is COC(=O)C(C)Nc1ccc(C)cc1C#N. The first kappa shape index (κ1) is 12.1. The molecule has 16 heavy (non-hydrogen) atoms. The lowest BCUT2D eigenvalue weighted by molar-refractivity contribution is -0.141. The number of carbonyl (C=O) groups is 1. The van der Waals surface area contributed by atoms with Crippen LogP contribution >= 0.6 is 0 Å². The maximum Gasteiger partial charge on any atom is 0.327 e. The zero-order valence-electron chi connectivity index (χ0n) is 9.57. The molecule has 0 aliphatic rings. The van der Waals surface area contributed by atoms with E-state index in [-0.39, 0.29) is 5.97 Å². The lowest BCUT2D eigenvalue weighted by Crippen LogP contribution is -2.27. The monoisotopic (exact) mass is 218 g/mol. The molecular weight excluding hydrogens is 204 g/mol. The molecule has 0 aliphatic heterocycles. The third-order valence-corrected chi connectivity index (χ3v) is 2.22. The molecule has 1 N–H and O–H groups in total. The van der Waals surface area contributed by atoms with Gasteiger partial charge in [0.15, 0.2) is 0 Å². The number of nitrogens with zero attached hydrogens (tertiary/aromatic N) is 1. The van der Waals surface area contributed by atoms with Gasteiger partial charge in [-0.1, -0.05) is 6.07 Å². The van der Waals surface area contributed by atoms with Gasteiger partial charge in [-0.05, 0) is 31.5 Å². The molecule has 1 atom stereocenters. The summed E-state index contributed by atoms with van der Waals surface area (Å²) in [6.45, 7) is 3.60. The van der Waals surface area contributed by atoms with Crippen LogP contribution in [0.4, 0.5) is 5.69 Å². The number of rotatable bonds is 3. The standard InChI is InChI=1S/C12H14N2O2/c1-8-4-5-11(10(6-8)7-13)14-9(2)12(15)16-3/h4-6,9,14H,1-3H3. The van der Waals surface area contributed by atoms with Crippen molar-refractivity contribution in [2.45, 2.75) is 19.9 Å². The van der Waals surface area contributed by atoms with Gasteiger partial charge in [-0.2, -0.15) is 5.26 Å². The van der Waals surface area contributed by atoms with Gasteiger partial charge >= 0.3 is 5.97 Å². The Hall–Kier alpha value is -2.02. The van der Waals surface area contributed by atoms with Crippen LogP contribution < -0.4 is 5.32 Å². The minimum absolute atomic E-state index is 0.357. The lowest BCUT2D eigenvalue weighted by atomic mass is 10.1. The molecule has 0 aliphatic carbocycles. The first-order valence-corrected chi connectivity index (χ1v) is 4.93. The van der Waals surface area contributed by atoms with Crippen molar-refractivity contribution in [3.8, 4) is 6.07 Å². The summed E-state index contributed by atoms with van der Waals surface area (Å²) >= 11 is 0. The van der Waals surface area contributed by atoms with Crippen LogP contribution in [0.3, 0.4) is 0 Å². The summed E-state index contributed by atoms with van der Waals surface area (Å²) in [7, 11) is 1.33. The molecule has 1 aromatic rings. The average molecular weight is 218 g/mol. The van der Waals surface area contributed by atoms with Crippen molar-refractivity contribution in [2.75, 3.05) is 12.4 Å². The Balaban J connectivity index is 2.90. The summed E-state index contributed by atoms with van der Waals surface area (Å²) < 4.78 is 4.60. The second kappa shape index (κ2) is 5.17. The molecule has 1 rings (SSSR count). The van der Waals surface area contributed by atoms with E-state index < -0.39 is 6.04 Å². The Morgan fingerprint density at radius 2 is 2.25 bits per heavy atom. The number of benzene rings is 1. The Labute approximate surface area is 94.8 Å². The van der Waals surface area contributed by atoms with Crippen molar-refractivity contribution in [3.63, 3.8) is 0 Å². The Kier molecular flexibility index (Phi) is 3.90. The highest BCUT2D eigenvalue weighted by Crippen LogP contribution is 2.17. The number of anilines is 1. The number of aryl methyl sites for hydroxylation is 1. The molecule has 0 aromatic heterocycles. The summed E-state index contributed by atoms with van der Waals surface area (Å²) in [5, 5.41) is 11.9. The van der Waals surface area contributed by atoms with Crippen molar-refractivity contribution in [3.05, 3.63) is 29.3 Å². The molecule has 84 valence electrons. The third-order valence-electron chi connectivity index (χ3n) is 2.22. The number of hydrogen-bond donors (Lipinski definition) is 1. The fourth-order valence-electron chi connectivity index (χ4n) is 1.35. The highest BCUT2D eigenvalue weighted by Gasteiger charge is 2.14. The molecule has 4 nitrogen and oxygen atoms in total. The van der Waals surface area contributed by atoms with Crippen molar-refractivity contribution >= 4 is 11.7 Å². The molecular formula is C12H14N2O2. The van der Waals surface area contributed by atoms with Crippen molar-refractivity contribution in [1.82, 2.24) is 0 Å². The maximum absolute atomic E-state index is 11.2. The molecule has 0 fully saturated rings. The highest BCUT2D eigenvalue weighted by atomic mass is 16.5. The molecule has 0 heterocycles. The fraction of sp³-hybridized carbons (Fsp3) is 0.333. The van der Waals surface area contributed by atoms with Gasteiger partial charge in [0.2, 0.25) is 0 Å². The van der Waals surface area contributed by atoms with Crippen molar-refractivity contribution in [1.29, 1.82) is 5.26 Å². The molecule has 0 saturated heterocycles. The van der Waals surface area contributed by atoms with Crippen LogP contribution in [-0.2, 0) is 9.53 Å². The number of esters is 1. The largest absolute Gasteiger partial charge is 0.467 e. The van der Waals surface area contributed by atoms with Crippen LogP contribution in [0.5, 0.6) is 0 Å². The average Bonchev–Trinajstić information content (AvgIpc) is 2.30. The predicted molar refractivity (Wildman–Crippen MR) is 61.0 cm³/mol. The maximum atomic E-state index is 11.2. The van der Waals surface area contributed by atoms with Crippen LogP contribution in [0, 0.1) is 18.3 Å². The predicted octanol–water partition coefficient (Wildman–Crippen LogP) is 1.84. The summed E-state index contributed by atoms with van der Waals surface area (Å²) in [5.74, 6) is -0.357. The molecule has 0 saturated carbocycles. The fourth-order valence-corrected chi connectivity index (χ4v) is 1.35. The zero-order valence-corrected chi connectivity index (χ0v) is 9.57. The first-order chi connectivity index (χ1) is 7.58. The minimum atomic E-state index is -0.472. The van der Waals surface area contributed by atoms with Gasteiger partial charge in [0.1, 0.15) is 12.1 Å². The van der Waals surface area contributed by atoms with E-state index in [0.29, 0.717) is 11.3 Å². The minimum Gasteiger partial charge on any atom is -0.467 e. The van der Waals surface area contributed by atoms with E-state index in [4.69, 9.17) is 5.26 Å². The topological polar surface area (TPSA) is 62.1 Å². The van der Waals surface area contributed by atoms with Crippen LogP contribution in [0.2, 0.25) is 0 Å². The van der Waals surface area contributed by atoms with E-state index >= 15 is 0 Å². The van der Waals surface area contributed by atoms with E-state index in [1.54, 1.807) is 19.1 Å². The van der Waals surface area contributed by atoms with Gasteiger partial charge in [-0.3, -0.25) is 0 Å². The van der Waals surface area contributed by atoms with Crippen LogP contribution in [0.25, 0.3) is 0 Å². The summed E-state index contributed by atoms with van der Waals surface area (Å²) in [6.07, 6.45) is 0. The van der Waals surface area contributed by atoms with Crippen LogP contribution in [0.15, 0.2) is 18.2 Å². The van der Waals surface area contributed by atoms with Gasteiger partial charge in [0.25, 0.3) is 0 Å². The summed E-state index contributed by atoms with van der Waals surface area (Å²) in [6, 6.07) is 7.05. The Morgan fingerprint density at radius 3 is 2.81 bits per heavy atom. The number of ether oxygens (including phenoxy) is 1. The Bertz CT molecular complexity index is 435. The number of methoxy groups -OCH3 is 1. The number of nitriles is 1. The second-order valence-corrected chi connectivity index (χ2v) is 3.55. The van der Waals surface area contributed by atoms with E-state index in [1.807, 2.05) is 13.0 Å². The molecule has 0 radical (unpaired) electrons. The highest BCUT2D eigenvalue weighted by molar-refractivity contribution is 5.79. The van der Waals surface area contributed by atoms with E-state index in [2.05, 4.69) is 16.1 Å². The molecule has 0 amide bonds. The summed E-state index contributed by atoms with van der Waals surface area (Å²) in [5.41, 5.74) is 2.18. The first-order valence-electron chi connectivity index (χ1n) is 4.93. The zero-order chi connectivity index (χ0) is 12.1. The number of carbonyl (C=O) groups excluding carboxylic acids is 1. The molecule has 0 spiro atoms. The van der Waals surface area contributed by atoms with Crippen LogP contribution in [0.1, 0.15) is 18.1 Å². The normalized spacial score (nSPS) is 11.4. The third kappa shape index (κ3) is 2.74. The van der Waals surface area contributed by atoms with Crippen LogP contribution in [-0.4, -0.2) is 19.1 Å². The van der Waals surface area contributed by atoms with E-state index in [0.717, 1.165) is 5.56 Å². The number of nitrogens with one attached hydrogen (secondary N) is 1. The number of hydrogen-bond acceptors (Lipinski definition) is 4. The smallest absolute Gasteiger partial charge is 0.327 e. The Morgan fingerprint density at radius 1 is 1.56 bits per heavy atom. The van der Waals surface area contributed by atoms with Gasteiger partial charge in [0.05, 0.1) is 18.4 Å².